The fourth-order valence-electron chi connectivity index (χ4n) is 1.54. The van der Waals surface area contributed by atoms with E-state index in [9.17, 15) is 8.42 Å². The molecule has 0 radical (unpaired) electrons. The summed E-state index contributed by atoms with van der Waals surface area (Å²) in [5.74, 6) is 0. The summed E-state index contributed by atoms with van der Waals surface area (Å²) in [6.45, 7) is 1.79. The maximum Gasteiger partial charge on any atom is 0.158 e. The molecule has 0 amide bonds. The first-order valence-electron chi connectivity index (χ1n) is 3.90. The summed E-state index contributed by atoms with van der Waals surface area (Å²) < 4.78 is 26.8. The fourth-order valence-corrected chi connectivity index (χ4v) is 2.97. The molecule has 5 heteroatoms. The second-order valence-electron chi connectivity index (χ2n) is 3.17. The van der Waals surface area contributed by atoms with Crippen molar-refractivity contribution in [2.45, 2.75) is 24.2 Å². The van der Waals surface area contributed by atoms with Gasteiger partial charge in [-0.25, -0.2) is 8.42 Å². The molecule has 0 spiro atoms. The summed E-state index contributed by atoms with van der Waals surface area (Å²) in [6.07, 6.45) is 1.16. The minimum atomic E-state index is -3.12. The lowest BCUT2D eigenvalue weighted by Crippen LogP contribution is -2.63. The zero-order valence-corrected chi connectivity index (χ0v) is 8.10. The number of aliphatic hydroxyl groups excluding tert-OH is 1. The molecule has 1 saturated heterocycles. The van der Waals surface area contributed by atoms with E-state index in [2.05, 4.69) is 0 Å². The van der Waals surface area contributed by atoms with E-state index in [1.165, 1.54) is 6.26 Å². The predicted molar refractivity (Wildman–Crippen MR) is 44.7 cm³/mol. The van der Waals surface area contributed by atoms with Crippen molar-refractivity contribution in [3.8, 4) is 0 Å². The van der Waals surface area contributed by atoms with Crippen molar-refractivity contribution in [2.75, 3.05) is 19.5 Å². The minimum Gasteiger partial charge on any atom is -0.394 e. The van der Waals surface area contributed by atoms with E-state index in [1.807, 2.05) is 0 Å². The summed E-state index contributed by atoms with van der Waals surface area (Å²) in [5, 5.41) is 8.83. The predicted octanol–water partition coefficient (Wildman–Crippen LogP) is -0.429. The quantitative estimate of drug-likeness (QED) is 0.662. The molecule has 1 aliphatic heterocycles. The molecule has 1 fully saturated rings. The SMILES string of the molecule is CCC1(S(C)(=O)=O)COC1CO. The van der Waals surface area contributed by atoms with Crippen LogP contribution in [-0.2, 0) is 14.6 Å². The second kappa shape index (κ2) is 2.97. The Hall–Kier alpha value is -0.130. The molecule has 1 heterocycles. The largest absolute Gasteiger partial charge is 0.394 e. The third-order valence-corrected chi connectivity index (χ3v) is 4.76. The van der Waals surface area contributed by atoms with Crippen molar-refractivity contribution < 1.29 is 18.3 Å². The number of aliphatic hydroxyl groups is 1. The molecule has 0 aromatic rings. The molecule has 1 N–H and O–H groups in total. The first-order chi connectivity index (χ1) is 5.48. The highest BCUT2D eigenvalue weighted by Crippen LogP contribution is 2.36. The standard InChI is InChI=1S/C7H14O4S/c1-3-7(12(2,9)10)5-11-6(7)4-8/h6,8H,3-5H2,1-2H3. The fraction of sp³-hybridized carbons (Fsp3) is 1.00. The Morgan fingerprint density at radius 2 is 2.25 bits per heavy atom. The van der Waals surface area contributed by atoms with Crippen molar-refractivity contribution in [2.24, 2.45) is 0 Å². The summed E-state index contributed by atoms with van der Waals surface area (Å²) in [7, 11) is -3.12. The molecule has 72 valence electrons. The first kappa shape index (κ1) is 9.95. The number of sulfone groups is 1. The van der Waals surface area contributed by atoms with E-state index in [4.69, 9.17) is 9.84 Å². The van der Waals surface area contributed by atoms with Gasteiger partial charge in [0.1, 0.15) is 10.9 Å². The van der Waals surface area contributed by atoms with Crippen LogP contribution in [0.1, 0.15) is 13.3 Å². The first-order valence-corrected chi connectivity index (χ1v) is 5.79. The lowest BCUT2D eigenvalue weighted by Gasteiger charge is -2.46. The smallest absolute Gasteiger partial charge is 0.158 e. The van der Waals surface area contributed by atoms with Gasteiger partial charge in [0.15, 0.2) is 9.84 Å². The van der Waals surface area contributed by atoms with Crippen molar-refractivity contribution in [1.82, 2.24) is 0 Å². The van der Waals surface area contributed by atoms with Crippen LogP contribution in [0.2, 0.25) is 0 Å². The number of hydrogen-bond acceptors (Lipinski definition) is 4. The number of ether oxygens (including phenoxy) is 1. The van der Waals surface area contributed by atoms with Crippen molar-refractivity contribution in [1.29, 1.82) is 0 Å². The van der Waals surface area contributed by atoms with Gasteiger partial charge >= 0.3 is 0 Å². The van der Waals surface area contributed by atoms with Crippen LogP contribution in [0.5, 0.6) is 0 Å². The van der Waals surface area contributed by atoms with Crippen LogP contribution in [0.4, 0.5) is 0 Å². The molecule has 12 heavy (non-hydrogen) atoms. The molecule has 2 atom stereocenters. The van der Waals surface area contributed by atoms with Crippen molar-refractivity contribution in [3.05, 3.63) is 0 Å². The third-order valence-electron chi connectivity index (χ3n) is 2.62. The Morgan fingerprint density at radius 3 is 2.33 bits per heavy atom. The number of rotatable bonds is 3. The molecular weight excluding hydrogens is 180 g/mol. The van der Waals surface area contributed by atoms with Gasteiger partial charge in [0.25, 0.3) is 0 Å². The molecular formula is C7H14O4S. The van der Waals surface area contributed by atoms with Crippen LogP contribution >= 0.6 is 0 Å². The van der Waals surface area contributed by atoms with Crippen LogP contribution in [0.3, 0.4) is 0 Å². The molecule has 2 unspecified atom stereocenters. The Bertz CT molecular complexity index is 253. The Morgan fingerprint density at radius 1 is 1.67 bits per heavy atom. The van der Waals surface area contributed by atoms with Gasteiger partial charge in [-0.2, -0.15) is 0 Å². The van der Waals surface area contributed by atoms with Gasteiger partial charge in [-0.1, -0.05) is 6.92 Å². The lowest BCUT2D eigenvalue weighted by molar-refractivity contribution is -0.118. The van der Waals surface area contributed by atoms with Crippen molar-refractivity contribution in [3.63, 3.8) is 0 Å². The summed E-state index contributed by atoms with van der Waals surface area (Å²) in [4.78, 5) is 0. The van der Waals surface area contributed by atoms with Crippen LogP contribution in [0.25, 0.3) is 0 Å². The van der Waals surface area contributed by atoms with Crippen molar-refractivity contribution >= 4 is 9.84 Å². The van der Waals surface area contributed by atoms with Crippen LogP contribution in [0, 0.1) is 0 Å². The summed E-state index contributed by atoms with van der Waals surface area (Å²) in [6, 6.07) is 0. The van der Waals surface area contributed by atoms with Gasteiger partial charge in [-0.15, -0.1) is 0 Å². The highest BCUT2D eigenvalue weighted by Gasteiger charge is 2.54. The van der Waals surface area contributed by atoms with E-state index >= 15 is 0 Å². The van der Waals surface area contributed by atoms with E-state index in [1.54, 1.807) is 6.92 Å². The van der Waals surface area contributed by atoms with Crippen LogP contribution in [0.15, 0.2) is 0 Å². The maximum atomic E-state index is 11.3. The van der Waals surface area contributed by atoms with E-state index < -0.39 is 20.7 Å². The maximum absolute atomic E-state index is 11.3. The summed E-state index contributed by atoms with van der Waals surface area (Å²) in [5.41, 5.74) is 0. The van der Waals surface area contributed by atoms with Crippen LogP contribution in [-0.4, -0.2) is 43.8 Å². The third kappa shape index (κ3) is 1.16. The Balaban J connectivity index is 2.93. The van der Waals surface area contributed by atoms with Gasteiger partial charge in [-0.05, 0) is 6.42 Å². The van der Waals surface area contributed by atoms with Gasteiger partial charge in [0.2, 0.25) is 0 Å². The zero-order chi connectivity index (χ0) is 9.41. The number of hydrogen-bond donors (Lipinski definition) is 1. The van der Waals surface area contributed by atoms with Gasteiger partial charge in [0, 0.05) is 6.26 Å². The average molecular weight is 194 g/mol. The van der Waals surface area contributed by atoms with E-state index in [-0.39, 0.29) is 13.2 Å². The van der Waals surface area contributed by atoms with Gasteiger partial charge in [-0.3, -0.25) is 0 Å². The Labute approximate surface area is 72.5 Å². The highest BCUT2D eigenvalue weighted by molar-refractivity contribution is 7.92. The lowest BCUT2D eigenvalue weighted by atomic mass is 9.94. The molecule has 0 saturated carbocycles. The molecule has 0 bridgehead atoms. The highest BCUT2D eigenvalue weighted by atomic mass is 32.2. The van der Waals surface area contributed by atoms with Gasteiger partial charge in [0.05, 0.1) is 13.2 Å². The molecule has 4 nitrogen and oxygen atoms in total. The molecule has 0 aliphatic carbocycles. The zero-order valence-electron chi connectivity index (χ0n) is 7.28. The Kier molecular flexibility index (Phi) is 2.47. The minimum absolute atomic E-state index is 0.216. The molecule has 0 aromatic heterocycles. The van der Waals surface area contributed by atoms with Gasteiger partial charge < -0.3 is 9.84 Å². The molecule has 1 rings (SSSR count). The molecule has 1 aliphatic rings. The molecule has 0 aromatic carbocycles. The van der Waals surface area contributed by atoms with E-state index in [0.29, 0.717) is 6.42 Å². The normalized spacial score (nSPS) is 36.1. The monoisotopic (exact) mass is 194 g/mol. The second-order valence-corrected chi connectivity index (χ2v) is 5.53. The average Bonchev–Trinajstić information content (AvgIpc) is 1.84. The summed E-state index contributed by atoms with van der Waals surface area (Å²) >= 11 is 0. The topological polar surface area (TPSA) is 63.6 Å². The van der Waals surface area contributed by atoms with E-state index in [0.717, 1.165) is 0 Å². The van der Waals surface area contributed by atoms with Crippen LogP contribution < -0.4 is 0 Å².